The number of halogens is 3. The van der Waals surface area contributed by atoms with Gasteiger partial charge in [0, 0.05) is 191 Å². The summed E-state index contributed by atoms with van der Waals surface area (Å²) in [5.74, 6) is 7.62. The maximum atomic E-state index is 13.5. The van der Waals surface area contributed by atoms with E-state index in [1.807, 2.05) is 192 Å². The number of fused-ring (bicyclic) bond motifs is 1. The summed E-state index contributed by atoms with van der Waals surface area (Å²) >= 11 is 4.61. The van der Waals surface area contributed by atoms with Crippen LogP contribution in [-0.4, -0.2) is 74.8 Å². The number of alkyl halides is 3. The number of nitrogens with zero attached hydrogens (tertiary/aromatic N) is 15. The predicted molar refractivity (Wildman–Crippen MR) is 479 cm³/mol. The zero-order valence-corrected chi connectivity index (χ0v) is 68.7. The molecule has 16 aromatic rings. The molecule has 0 saturated heterocycles. The fourth-order valence-corrected chi connectivity index (χ4v) is 14.2. The molecule has 15 N–H and O–H groups in total. The van der Waals surface area contributed by atoms with Gasteiger partial charge in [0.25, 0.3) is 0 Å². The molecule has 10 aromatic heterocycles. The summed E-state index contributed by atoms with van der Waals surface area (Å²) in [6.45, 7) is 9.27. The molecule has 0 atom stereocenters. The van der Waals surface area contributed by atoms with Crippen molar-refractivity contribution in [2.24, 2.45) is 0 Å². The Bertz CT molecular complexity index is 5580. The van der Waals surface area contributed by atoms with E-state index in [4.69, 9.17) is 33.4 Å². The van der Waals surface area contributed by atoms with Crippen LogP contribution in [0.25, 0.3) is 10.8 Å². The molecule has 0 saturated carbocycles. The third kappa shape index (κ3) is 28.0. The second kappa shape index (κ2) is 42.5. The fraction of sp³-hybridized carbons (Fsp3) is 0.112. The van der Waals surface area contributed by atoms with Gasteiger partial charge in [-0.15, -0.1) is 23.5 Å². The Kier molecular flexibility index (Phi) is 30.1. The molecule has 26 nitrogen and oxygen atoms in total. The third-order valence-electron chi connectivity index (χ3n) is 17.0. The second-order valence-corrected chi connectivity index (χ2v) is 30.0. The van der Waals surface area contributed by atoms with E-state index in [9.17, 15) is 13.2 Å². The highest BCUT2D eigenvalue weighted by molar-refractivity contribution is 7.99. The SMILES string of the molecule is Cc1cc(Nc2ccc(CCc3ccncc3)cc2)nc(N)n1.Cc1cc(Nc2ccc(CSc3ccncc3)cc2)nc(N)n1.Cc1cc(Nc2ccc(Oc3cccc4cnccc34)cc2)nc(N)n1.Cc1cc(Nc2ccc(SCc3ccncc3)cc2)nc(N)n1.Cc1cc(Nc2ccc(Sc3ccncc3)c(C(F)(F)F)c2)nc(N)n1. The molecular weight excluding hydrogens is 1590 g/mol. The third-order valence-corrected chi connectivity index (χ3v) is 20.3. The molecule has 0 aliphatic rings. The van der Waals surface area contributed by atoms with Crippen LogP contribution in [0.5, 0.6) is 11.5 Å². The van der Waals surface area contributed by atoms with Gasteiger partial charge in [-0.05, 0) is 221 Å². The van der Waals surface area contributed by atoms with Gasteiger partial charge in [-0.25, -0.2) is 24.9 Å². The summed E-state index contributed by atoms with van der Waals surface area (Å²) in [5, 5.41) is 17.8. The van der Waals surface area contributed by atoms with Crippen LogP contribution in [0.15, 0.2) is 300 Å². The zero-order chi connectivity index (χ0) is 84.9. The number of rotatable bonds is 23. The number of nitrogens with two attached hydrogens (primary N) is 5. The molecule has 0 unspecified atom stereocenters. The Hall–Kier alpha value is -14.6. The molecule has 0 aliphatic heterocycles. The predicted octanol–water partition coefficient (Wildman–Crippen LogP) is 20.0. The molecule has 32 heteroatoms. The number of thioether (sulfide) groups is 2. The van der Waals surface area contributed by atoms with Crippen molar-refractivity contribution in [1.82, 2.24) is 74.8 Å². The van der Waals surface area contributed by atoms with E-state index in [0.717, 1.165) is 110 Å². The Morgan fingerprint density at radius 3 is 1.09 bits per heavy atom. The van der Waals surface area contributed by atoms with Gasteiger partial charge in [0.2, 0.25) is 29.7 Å². The van der Waals surface area contributed by atoms with Gasteiger partial charge in [-0.1, -0.05) is 48.2 Å². The van der Waals surface area contributed by atoms with Crippen LogP contribution in [0, 0.1) is 34.6 Å². The van der Waals surface area contributed by atoms with Crippen LogP contribution >= 0.6 is 35.3 Å². The van der Waals surface area contributed by atoms with Crippen LogP contribution in [0.3, 0.4) is 0 Å². The number of benzene rings is 6. The molecule has 121 heavy (non-hydrogen) atoms. The lowest BCUT2D eigenvalue weighted by Crippen LogP contribution is -2.08. The number of aryl methyl sites for hydroxylation is 7. The van der Waals surface area contributed by atoms with E-state index in [-0.39, 0.29) is 40.3 Å². The van der Waals surface area contributed by atoms with E-state index in [1.165, 1.54) is 50.5 Å². The van der Waals surface area contributed by atoms with Crippen molar-refractivity contribution in [1.29, 1.82) is 0 Å². The van der Waals surface area contributed by atoms with Crippen molar-refractivity contribution < 1.29 is 17.9 Å². The largest absolute Gasteiger partial charge is 0.457 e. The van der Waals surface area contributed by atoms with Gasteiger partial charge in [0.05, 0.1) is 5.56 Å². The topological polar surface area (TPSA) is 393 Å². The molecule has 0 amide bonds. The van der Waals surface area contributed by atoms with E-state index >= 15 is 0 Å². The quantitative estimate of drug-likeness (QED) is 0.0266. The summed E-state index contributed by atoms with van der Waals surface area (Å²) in [6, 6.07) is 69.0. The van der Waals surface area contributed by atoms with Crippen LogP contribution in [0.4, 0.5) is 100 Å². The maximum absolute atomic E-state index is 13.5. The van der Waals surface area contributed by atoms with Crippen LogP contribution in [0.2, 0.25) is 0 Å². The Morgan fingerprint density at radius 2 is 0.669 bits per heavy atom. The van der Waals surface area contributed by atoms with Crippen LogP contribution in [-0.2, 0) is 30.5 Å². The molecule has 6 aromatic carbocycles. The molecule has 0 bridgehead atoms. The van der Waals surface area contributed by atoms with Gasteiger partial charge in [-0.3, -0.25) is 24.9 Å². The molecule has 0 aliphatic carbocycles. The number of pyridine rings is 5. The summed E-state index contributed by atoms with van der Waals surface area (Å²) in [7, 11) is 0. The van der Waals surface area contributed by atoms with Gasteiger partial charge in [0.15, 0.2) is 0 Å². The number of ether oxygens (including phenoxy) is 1. The highest BCUT2D eigenvalue weighted by Gasteiger charge is 2.34. The smallest absolute Gasteiger partial charge is 0.417 e. The number of hydrogen-bond donors (Lipinski definition) is 10. The maximum Gasteiger partial charge on any atom is 0.417 e. The lowest BCUT2D eigenvalue weighted by Gasteiger charge is -2.15. The summed E-state index contributed by atoms with van der Waals surface area (Å²) in [4.78, 5) is 64.2. The molecule has 10 heterocycles. The standard InChI is InChI=1S/C20H17N5O.C18H19N5.C17H14F3N5S.2C17H17N5S/c1-13-11-19(25-20(21)23-13)24-15-5-7-16(8-6-15)26-18-4-2-3-14-12-22-10-9-17(14)18;1-13-12-17(23-18(19)21-13)22-16-6-4-14(5-7-16)2-3-15-8-10-20-11-9-15;1-10-8-15(25-16(21)23-10)24-11-2-3-14(13(9-11)17(18,19)20)26-12-4-6-22-7-5-12;1-12-10-16(22-17(18)20-12)21-14-2-4-15(5-3-14)23-11-13-6-8-19-9-7-13;1-12-10-16(22-17(18)20-12)21-14-4-2-13(3-5-14)11-23-15-6-8-19-9-7-15/h2-12H,1H3,(H3,21,23,24,25);4-12H,2-3H2,1H3,(H3,19,21,22,23);2-9H,1H3,(H3,21,23,24,25);2*2-10H,11H2,1H3,(H3,18,20,21,22). The number of hydrogen-bond acceptors (Lipinski definition) is 29. The van der Waals surface area contributed by atoms with Crippen molar-refractivity contribution in [3.8, 4) is 11.5 Å². The monoisotopic (exact) mass is 1670 g/mol. The molecule has 0 spiro atoms. The summed E-state index contributed by atoms with van der Waals surface area (Å²) < 4.78 is 46.5. The Balaban J connectivity index is 0.000000139. The lowest BCUT2D eigenvalue weighted by molar-refractivity contribution is -0.139. The second-order valence-electron chi connectivity index (χ2n) is 26.8. The molecular formula is C89H84F3N25OS3. The fourth-order valence-electron chi connectivity index (χ4n) is 11.5. The number of anilines is 15. The Labute approximate surface area is 709 Å². The highest BCUT2D eigenvalue weighted by Crippen LogP contribution is 2.42. The van der Waals surface area contributed by atoms with Crippen LogP contribution < -0.4 is 60.0 Å². The van der Waals surface area contributed by atoms with Gasteiger partial charge >= 0.3 is 6.18 Å². The molecule has 0 fully saturated rings. The van der Waals surface area contributed by atoms with E-state index < -0.39 is 11.7 Å². The average Bonchev–Trinajstić information content (AvgIpc) is 0.789. The van der Waals surface area contributed by atoms with E-state index in [2.05, 4.69) is 162 Å². The van der Waals surface area contributed by atoms with Crippen molar-refractivity contribution in [2.75, 3.05) is 55.3 Å². The summed E-state index contributed by atoms with van der Waals surface area (Å²) in [5.41, 5.74) is 40.6. The number of nitrogens with one attached hydrogen (secondary N) is 5. The first-order chi connectivity index (χ1) is 58.5. The zero-order valence-electron chi connectivity index (χ0n) is 66.2. The number of nitrogen functional groups attached to an aromatic ring is 5. The minimum absolute atomic E-state index is 0.0495. The first-order valence-electron chi connectivity index (χ1n) is 37.6. The van der Waals surface area contributed by atoms with Crippen molar-refractivity contribution in [3.05, 3.63) is 337 Å². The first-order valence-corrected chi connectivity index (χ1v) is 40.4. The summed E-state index contributed by atoms with van der Waals surface area (Å²) in [6.07, 6.45) is 15.1. The molecule has 0 radical (unpaired) electrons. The van der Waals surface area contributed by atoms with Gasteiger partial charge < -0.3 is 60.0 Å². The molecule has 16 rings (SSSR count). The average molecular weight is 1670 g/mol. The normalized spacial score (nSPS) is 10.7. The lowest BCUT2D eigenvalue weighted by atomic mass is 10.1. The minimum Gasteiger partial charge on any atom is -0.457 e. The van der Waals surface area contributed by atoms with E-state index in [1.54, 1.807) is 60.9 Å². The van der Waals surface area contributed by atoms with E-state index in [0.29, 0.717) is 39.7 Å². The van der Waals surface area contributed by atoms with Crippen molar-refractivity contribution >= 4 is 133 Å². The van der Waals surface area contributed by atoms with Crippen LogP contribution in [0.1, 0.15) is 56.3 Å². The van der Waals surface area contributed by atoms with Crippen molar-refractivity contribution in [3.63, 3.8) is 0 Å². The number of aromatic nitrogens is 15. The molecule has 610 valence electrons. The van der Waals surface area contributed by atoms with Gasteiger partial charge in [0.1, 0.15) is 40.6 Å². The highest BCUT2D eigenvalue weighted by atomic mass is 32.2. The van der Waals surface area contributed by atoms with Crippen molar-refractivity contribution in [2.45, 2.75) is 84.7 Å². The first kappa shape index (κ1) is 85.7. The van der Waals surface area contributed by atoms with Gasteiger partial charge in [-0.2, -0.15) is 38.1 Å². The minimum atomic E-state index is -4.49. The Morgan fingerprint density at radius 1 is 0.331 bits per heavy atom.